The molecule has 0 fully saturated rings. The van der Waals surface area contributed by atoms with Crippen molar-refractivity contribution >= 4 is 17.3 Å². The molecule has 0 unspecified atom stereocenters. The van der Waals surface area contributed by atoms with Crippen LogP contribution in [0.4, 0.5) is 0 Å². The highest BCUT2D eigenvalue weighted by atomic mass is 32.1. The SMILES string of the molecule is COC(=O)c1ncn(-c2nc(C)c(C)s2)n1. The van der Waals surface area contributed by atoms with Crippen LogP contribution in [0.5, 0.6) is 0 Å². The normalized spacial score (nSPS) is 10.4. The number of nitrogens with zero attached hydrogens (tertiary/aromatic N) is 4. The lowest BCUT2D eigenvalue weighted by Crippen LogP contribution is -2.05. The van der Waals surface area contributed by atoms with E-state index in [1.54, 1.807) is 0 Å². The lowest BCUT2D eigenvalue weighted by atomic mass is 10.4. The van der Waals surface area contributed by atoms with Crippen LogP contribution in [-0.4, -0.2) is 32.8 Å². The Morgan fingerprint density at radius 3 is 2.81 bits per heavy atom. The highest BCUT2D eigenvalue weighted by Gasteiger charge is 2.13. The molecule has 0 atom stereocenters. The molecule has 0 aliphatic heterocycles. The average Bonchev–Trinajstić information content (AvgIpc) is 2.86. The fraction of sp³-hybridized carbons (Fsp3) is 0.333. The van der Waals surface area contributed by atoms with Crippen molar-refractivity contribution in [3.63, 3.8) is 0 Å². The second-order valence-corrected chi connectivity index (χ2v) is 4.32. The molecule has 0 aliphatic rings. The van der Waals surface area contributed by atoms with E-state index in [9.17, 15) is 4.79 Å². The number of methoxy groups -OCH3 is 1. The molecule has 6 nitrogen and oxygen atoms in total. The van der Waals surface area contributed by atoms with Gasteiger partial charge >= 0.3 is 5.97 Å². The van der Waals surface area contributed by atoms with Crippen LogP contribution in [0.25, 0.3) is 5.13 Å². The molecule has 84 valence electrons. The van der Waals surface area contributed by atoms with Crippen molar-refractivity contribution in [3.05, 3.63) is 22.7 Å². The maximum absolute atomic E-state index is 11.2. The second-order valence-electron chi connectivity index (χ2n) is 3.14. The smallest absolute Gasteiger partial charge is 0.377 e. The van der Waals surface area contributed by atoms with Gasteiger partial charge in [-0.25, -0.2) is 14.8 Å². The third kappa shape index (κ3) is 1.81. The summed E-state index contributed by atoms with van der Waals surface area (Å²) in [7, 11) is 1.29. The summed E-state index contributed by atoms with van der Waals surface area (Å²) < 4.78 is 5.99. The summed E-state index contributed by atoms with van der Waals surface area (Å²) in [4.78, 5) is 20.4. The van der Waals surface area contributed by atoms with Gasteiger partial charge in [0.2, 0.25) is 5.13 Å². The van der Waals surface area contributed by atoms with Gasteiger partial charge in [0.05, 0.1) is 12.8 Å². The fourth-order valence-electron chi connectivity index (χ4n) is 1.09. The predicted octanol–water partition coefficient (Wildman–Crippen LogP) is 1.13. The first-order chi connectivity index (χ1) is 7.61. The van der Waals surface area contributed by atoms with Gasteiger partial charge in [-0.05, 0) is 13.8 Å². The molecule has 2 aromatic rings. The molecule has 0 saturated heterocycles. The van der Waals surface area contributed by atoms with E-state index in [-0.39, 0.29) is 5.82 Å². The van der Waals surface area contributed by atoms with E-state index in [4.69, 9.17) is 0 Å². The van der Waals surface area contributed by atoms with Gasteiger partial charge in [-0.1, -0.05) is 11.3 Å². The van der Waals surface area contributed by atoms with Gasteiger partial charge in [0.1, 0.15) is 6.33 Å². The van der Waals surface area contributed by atoms with Crippen molar-refractivity contribution in [1.29, 1.82) is 0 Å². The molecule has 0 bridgehead atoms. The summed E-state index contributed by atoms with van der Waals surface area (Å²) in [5.41, 5.74) is 0.954. The molecular formula is C9H10N4O2S. The molecular weight excluding hydrogens is 228 g/mol. The van der Waals surface area contributed by atoms with Gasteiger partial charge in [0.15, 0.2) is 0 Å². The van der Waals surface area contributed by atoms with E-state index >= 15 is 0 Å². The van der Waals surface area contributed by atoms with Gasteiger partial charge < -0.3 is 4.74 Å². The fourth-order valence-corrected chi connectivity index (χ4v) is 1.93. The maximum atomic E-state index is 11.2. The van der Waals surface area contributed by atoms with E-state index in [0.29, 0.717) is 5.13 Å². The first-order valence-electron chi connectivity index (χ1n) is 4.56. The molecule has 0 spiro atoms. The molecule has 2 rings (SSSR count). The summed E-state index contributed by atoms with van der Waals surface area (Å²) in [6.45, 7) is 3.90. The number of rotatable bonds is 2. The molecule has 0 amide bonds. The number of aryl methyl sites for hydroxylation is 2. The van der Waals surface area contributed by atoms with Crippen LogP contribution in [0.15, 0.2) is 6.33 Å². The largest absolute Gasteiger partial charge is 0.463 e. The monoisotopic (exact) mass is 238 g/mol. The van der Waals surface area contributed by atoms with Crippen molar-refractivity contribution < 1.29 is 9.53 Å². The van der Waals surface area contributed by atoms with E-state index in [0.717, 1.165) is 10.6 Å². The van der Waals surface area contributed by atoms with Crippen LogP contribution in [0.3, 0.4) is 0 Å². The van der Waals surface area contributed by atoms with Gasteiger partial charge in [0, 0.05) is 4.88 Å². The number of hydrogen-bond acceptors (Lipinski definition) is 6. The summed E-state index contributed by atoms with van der Waals surface area (Å²) >= 11 is 1.50. The molecule has 2 heterocycles. The Kier molecular flexibility index (Phi) is 2.69. The summed E-state index contributed by atoms with van der Waals surface area (Å²) in [5.74, 6) is -0.517. The minimum absolute atomic E-state index is 0.0352. The molecule has 0 aliphatic carbocycles. The van der Waals surface area contributed by atoms with Crippen molar-refractivity contribution in [3.8, 4) is 5.13 Å². The summed E-state index contributed by atoms with van der Waals surface area (Å²) in [5, 5.41) is 4.68. The maximum Gasteiger partial charge on any atom is 0.377 e. The Balaban J connectivity index is 2.35. The molecule has 0 aromatic carbocycles. The first-order valence-corrected chi connectivity index (χ1v) is 5.38. The van der Waals surface area contributed by atoms with Gasteiger partial charge in [-0.2, -0.15) is 4.68 Å². The molecule has 0 radical (unpaired) electrons. The van der Waals surface area contributed by atoms with E-state index in [2.05, 4.69) is 19.8 Å². The Morgan fingerprint density at radius 1 is 1.50 bits per heavy atom. The zero-order valence-corrected chi connectivity index (χ0v) is 9.91. The Labute approximate surface area is 95.9 Å². The third-order valence-corrected chi connectivity index (χ3v) is 3.14. The topological polar surface area (TPSA) is 69.9 Å². The van der Waals surface area contributed by atoms with E-state index < -0.39 is 5.97 Å². The van der Waals surface area contributed by atoms with Gasteiger partial charge in [0.25, 0.3) is 5.82 Å². The highest BCUT2D eigenvalue weighted by Crippen LogP contribution is 2.19. The van der Waals surface area contributed by atoms with Crippen LogP contribution in [0.2, 0.25) is 0 Å². The minimum Gasteiger partial charge on any atom is -0.463 e. The quantitative estimate of drug-likeness (QED) is 0.733. The zero-order valence-electron chi connectivity index (χ0n) is 9.09. The van der Waals surface area contributed by atoms with Crippen LogP contribution >= 0.6 is 11.3 Å². The molecule has 16 heavy (non-hydrogen) atoms. The Bertz CT molecular complexity index is 512. The third-order valence-electron chi connectivity index (χ3n) is 2.07. The Hall–Kier alpha value is -1.76. The molecule has 2 aromatic heterocycles. The van der Waals surface area contributed by atoms with E-state index in [1.807, 2.05) is 13.8 Å². The van der Waals surface area contributed by atoms with Crippen LogP contribution in [0.1, 0.15) is 21.2 Å². The lowest BCUT2D eigenvalue weighted by molar-refractivity contribution is 0.0587. The lowest BCUT2D eigenvalue weighted by Gasteiger charge is -1.92. The van der Waals surface area contributed by atoms with Crippen molar-refractivity contribution in [2.75, 3.05) is 7.11 Å². The number of ether oxygens (including phenoxy) is 1. The number of thiazole rings is 1. The number of hydrogen-bond donors (Lipinski definition) is 0. The van der Waals surface area contributed by atoms with Crippen molar-refractivity contribution in [1.82, 2.24) is 19.7 Å². The standard InChI is InChI=1S/C9H10N4O2S/c1-5-6(2)16-9(11-5)13-4-10-7(12-13)8(14)15-3/h4H,1-3H3. The number of carbonyl (C=O) groups is 1. The molecule has 0 saturated carbocycles. The van der Waals surface area contributed by atoms with E-state index in [1.165, 1.54) is 29.5 Å². The van der Waals surface area contributed by atoms with Gasteiger partial charge in [-0.3, -0.25) is 0 Å². The summed E-state index contributed by atoms with van der Waals surface area (Å²) in [6, 6.07) is 0. The average molecular weight is 238 g/mol. The van der Waals surface area contributed by atoms with Gasteiger partial charge in [-0.15, -0.1) is 5.10 Å². The molecule has 0 N–H and O–H groups in total. The highest BCUT2D eigenvalue weighted by molar-refractivity contribution is 7.14. The van der Waals surface area contributed by atoms with Crippen LogP contribution < -0.4 is 0 Å². The van der Waals surface area contributed by atoms with Crippen molar-refractivity contribution in [2.45, 2.75) is 13.8 Å². The molecule has 7 heteroatoms. The predicted molar refractivity (Wildman–Crippen MR) is 57.8 cm³/mol. The zero-order chi connectivity index (χ0) is 11.7. The second kappa shape index (κ2) is 4.01. The summed E-state index contributed by atoms with van der Waals surface area (Å²) in [6.07, 6.45) is 1.45. The number of esters is 1. The number of carbonyl (C=O) groups excluding carboxylic acids is 1. The number of aromatic nitrogens is 4. The van der Waals surface area contributed by atoms with Crippen LogP contribution in [-0.2, 0) is 4.74 Å². The first kappa shape index (κ1) is 10.7. The van der Waals surface area contributed by atoms with Crippen LogP contribution in [0, 0.1) is 13.8 Å². The minimum atomic E-state index is -0.552. The van der Waals surface area contributed by atoms with Crippen molar-refractivity contribution in [2.24, 2.45) is 0 Å². The Morgan fingerprint density at radius 2 is 2.25 bits per heavy atom.